The molecule has 0 fully saturated rings. The second kappa shape index (κ2) is 10.3. The van der Waals surface area contributed by atoms with Crippen molar-refractivity contribution in [3.63, 3.8) is 0 Å². The number of benzene rings is 3. The largest absolute Gasteiger partial charge is 0.493 e. The SMILES string of the molecule is CCOc1ccccc1C(=O)Nc1ccc(C)c(NC(=O)c2ccccc2OCC)c1. The Kier molecular flexibility index (Phi) is 7.27. The Labute approximate surface area is 182 Å². The fourth-order valence-electron chi connectivity index (χ4n) is 3.09. The molecule has 0 atom stereocenters. The van der Waals surface area contributed by atoms with Crippen molar-refractivity contribution in [2.45, 2.75) is 20.8 Å². The van der Waals surface area contributed by atoms with Crippen molar-refractivity contribution in [1.29, 1.82) is 0 Å². The number of hydrogen-bond donors (Lipinski definition) is 2. The van der Waals surface area contributed by atoms with Gasteiger partial charge in [-0.05, 0) is 62.7 Å². The van der Waals surface area contributed by atoms with E-state index in [-0.39, 0.29) is 11.8 Å². The lowest BCUT2D eigenvalue weighted by molar-refractivity contribution is 0.101. The van der Waals surface area contributed by atoms with E-state index in [0.29, 0.717) is 47.2 Å². The highest BCUT2D eigenvalue weighted by Gasteiger charge is 2.15. The van der Waals surface area contributed by atoms with E-state index in [1.54, 1.807) is 48.5 Å². The number of rotatable bonds is 8. The Bertz CT molecular complexity index is 1080. The minimum atomic E-state index is -0.285. The van der Waals surface area contributed by atoms with Crippen molar-refractivity contribution in [3.8, 4) is 11.5 Å². The molecule has 0 aliphatic heterocycles. The van der Waals surface area contributed by atoms with Crippen LogP contribution < -0.4 is 20.1 Å². The van der Waals surface area contributed by atoms with E-state index < -0.39 is 0 Å². The number of ether oxygens (including phenoxy) is 2. The van der Waals surface area contributed by atoms with E-state index >= 15 is 0 Å². The maximum Gasteiger partial charge on any atom is 0.259 e. The Morgan fingerprint density at radius 1 is 0.742 bits per heavy atom. The van der Waals surface area contributed by atoms with Crippen LogP contribution in [0.2, 0.25) is 0 Å². The van der Waals surface area contributed by atoms with E-state index in [1.807, 2.05) is 39.0 Å². The quantitative estimate of drug-likeness (QED) is 0.521. The average Bonchev–Trinajstić information content (AvgIpc) is 2.77. The van der Waals surface area contributed by atoms with Crippen LogP contribution in [0, 0.1) is 6.92 Å². The standard InChI is InChI=1S/C25H26N2O4/c1-4-30-22-12-8-6-10-19(22)24(28)26-18-15-14-17(3)21(16-18)27-25(29)20-11-7-9-13-23(20)31-5-2/h6-16H,4-5H2,1-3H3,(H,26,28)(H,27,29). The van der Waals surface area contributed by atoms with Crippen LogP contribution in [0.4, 0.5) is 11.4 Å². The Morgan fingerprint density at radius 2 is 1.26 bits per heavy atom. The molecule has 0 radical (unpaired) electrons. The van der Waals surface area contributed by atoms with Crippen molar-refractivity contribution in [2.75, 3.05) is 23.8 Å². The third-order valence-electron chi connectivity index (χ3n) is 4.61. The molecule has 3 aromatic rings. The third kappa shape index (κ3) is 5.42. The molecule has 6 heteroatoms. The van der Waals surface area contributed by atoms with Crippen molar-refractivity contribution >= 4 is 23.2 Å². The molecule has 0 spiro atoms. The second-order valence-electron chi connectivity index (χ2n) is 6.80. The summed E-state index contributed by atoms with van der Waals surface area (Å²) in [6.45, 7) is 6.56. The molecule has 0 saturated carbocycles. The molecule has 0 heterocycles. The number of para-hydroxylation sites is 2. The van der Waals surface area contributed by atoms with Crippen LogP contribution in [0.5, 0.6) is 11.5 Å². The maximum atomic E-state index is 12.8. The van der Waals surface area contributed by atoms with Crippen LogP contribution in [-0.4, -0.2) is 25.0 Å². The summed E-state index contributed by atoms with van der Waals surface area (Å²) in [7, 11) is 0. The van der Waals surface area contributed by atoms with Crippen LogP contribution in [0.25, 0.3) is 0 Å². The van der Waals surface area contributed by atoms with Crippen LogP contribution in [0.1, 0.15) is 40.1 Å². The number of aryl methyl sites for hydroxylation is 1. The molecule has 160 valence electrons. The number of carbonyl (C=O) groups is 2. The van der Waals surface area contributed by atoms with Gasteiger partial charge in [-0.15, -0.1) is 0 Å². The summed E-state index contributed by atoms with van der Waals surface area (Å²) in [6.07, 6.45) is 0. The normalized spacial score (nSPS) is 10.3. The first-order valence-corrected chi connectivity index (χ1v) is 10.2. The molecule has 0 saturated heterocycles. The average molecular weight is 418 g/mol. The summed E-state index contributed by atoms with van der Waals surface area (Å²) < 4.78 is 11.1. The lowest BCUT2D eigenvalue weighted by Crippen LogP contribution is -2.16. The smallest absolute Gasteiger partial charge is 0.259 e. The Hall–Kier alpha value is -3.80. The van der Waals surface area contributed by atoms with Gasteiger partial charge < -0.3 is 20.1 Å². The lowest BCUT2D eigenvalue weighted by atomic mass is 10.1. The van der Waals surface area contributed by atoms with Gasteiger partial charge in [0.05, 0.1) is 24.3 Å². The molecule has 6 nitrogen and oxygen atoms in total. The predicted octanol–water partition coefficient (Wildman–Crippen LogP) is 5.30. The van der Waals surface area contributed by atoms with E-state index in [1.165, 1.54) is 0 Å². The van der Waals surface area contributed by atoms with Gasteiger partial charge in [-0.2, -0.15) is 0 Å². The van der Waals surface area contributed by atoms with Gasteiger partial charge in [0.1, 0.15) is 11.5 Å². The van der Waals surface area contributed by atoms with Gasteiger partial charge >= 0.3 is 0 Å². The van der Waals surface area contributed by atoms with Crippen molar-refractivity contribution in [3.05, 3.63) is 83.4 Å². The molecule has 0 unspecified atom stereocenters. The first-order chi connectivity index (χ1) is 15.0. The summed E-state index contributed by atoms with van der Waals surface area (Å²) in [5.41, 5.74) is 2.93. The number of nitrogens with one attached hydrogen (secondary N) is 2. The van der Waals surface area contributed by atoms with Crippen molar-refractivity contribution in [1.82, 2.24) is 0 Å². The number of hydrogen-bond acceptors (Lipinski definition) is 4. The molecule has 2 amide bonds. The molecule has 0 aromatic heterocycles. The fourth-order valence-corrected chi connectivity index (χ4v) is 3.09. The molecule has 0 aliphatic carbocycles. The third-order valence-corrected chi connectivity index (χ3v) is 4.61. The molecular formula is C25H26N2O4. The first kappa shape index (κ1) is 21.9. The van der Waals surface area contributed by atoms with Crippen LogP contribution in [0.15, 0.2) is 66.7 Å². The first-order valence-electron chi connectivity index (χ1n) is 10.2. The van der Waals surface area contributed by atoms with E-state index in [0.717, 1.165) is 5.56 Å². The van der Waals surface area contributed by atoms with Gasteiger partial charge in [0.25, 0.3) is 11.8 Å². The van der Waals surface area contributed by atoms with E-state index in [4.69, 9.17) is 9.47 Å². The molecule has 3 rings (SSSR count). The minimum Gasteiger partial charge on any atom is -0.493 e. The minimum absolute atomic E-state index is 0.280. The monoisotopic (exact) mass is 418 g/mol. The molecule has 2 N–H and O–H groups in total. The highest BCUT2D eigenvalue weighted by atomic mass is 16.5. The molecular weight excluding hydrogens is 392 g/mol. The fraction of sp³-hybridized carbons (Fsp3) is 0.200. The Balaban J connectivity index is 1.80. The van der Waals surface area contributed by atoms with E-state index in [2.05, 4.69) is 10.6 Å². The van der Waals surface area contributed by atoms with Gasteiger partial charge in [-0.1, -0.05) is 30.3 Å². The van der Waals surface area contributed by atoms with Gasteiger partial charge in [-0.25, -0.2) is 0 Å². The summed E-state index contributed by atoms with van der Waals surface area (Å²) >= 11 is 0. The zero-order valence-corrected chi connectivity index (χ0v) is 17.9. The molecule has 3 aromatic carbocycles. The summed E-state index contributed by atoms with van der Waals surface area (Å²) in [4.78, 5) is 25.6. The van der Waals surface area contributed by atoms with Gasteiger partial charge in [0.15, 0.2) is 0 Å². The highest BCUT2D eigenvalue weighted by molar-refractivity contribution is 6.08. The van der Waals surface area contributed by atoms with Crippen LogP contribution in [0.3, 0.4) is 0 Å². The van der Waals surface area contributed by atoms with Gasteiger partial charge in [-0.3, -0.25) is 9.59 Å². The topological polar surface area (TPSA) is 76.7 Å². The number of amides is 2. The van der Waals surface area contributed by atoms with E-state index in [9.17, 15) is 9.59 Å². The lowest BCUT2D eigenvalue weighted by Gasteiger charge is -2.14. The molecule has 31 heavy (non-hydrogen) atoms. The van der Waals surface area contributed by atoms with Gasteiger partial charge in [0.2, 0.25) is 0 Å². The molecule has 0 bridgehead atoms. The number of carbonyl (C=O) groups excluding carboxylic acids is 2. The zero-order chi connectivity index (χ0) is 22.2. The second-order valence-corrected chi connectivity index (χ2v) is 6.80. The predicted molar refractivity (Wildman–Crippen MR) is 122 cm³/mol. The summed E-state index contributed by atoms with van der Waals surface area (Å²) in [5.74, 6) is 0.483. The van der Waals surface area contributed by atoms with Crippen LogP contribution >= 0.6 is 0 Å². The summed E-state index contributed by atoms with van der Waals surface area (Å²) in [5, 5.41) is 5.79. The summed E-state index contributed by atoms with van der Waals surface area (Å²) in [6, 6.07) is 19.5. The maximum absolute atomic E-state index is 12.8. The Morgan fingerprint density at radius 3 is 1.81 bits per heavy atom. The number of anilines is 2. The molecule has 0 aliphatic rings. The zero-order valence-electron chi connectivity index (χ0n) is 17.9. The van der Waals surface area contributed by atoms with Crippen molar-refractivity contribution < 1.29 is 19.1 Å². The van der Waals surface area contributed by atoms with Crippen LogP contribution in [-0.2, 0) is 0 Å². The van der Waals surface area contributed by atoms with Gasteiger partial charge in [0, 0.05) is 11.4 Å². The van der Waals surface area contributed by atoms with Crippen molar-refractivity contribution in [2.24, 2.45) is 0 Å². The highest BCUT2D eigenvalue weighted by Crippen LogP contribution is 2.25.